The van der Waals surface area contributed by atoms with Crippen molar-refractivity contribution in [3.8, 4) is 0 Å². The van der Waals surface area contributed by atoms with Crippen LogP contribution < -0.4 is 5.56 Å². The second-order valence-corrected chi connectivity index (χ2v) is 11.9. The lowest BCUT2D eigenvalue weighted by atomic mass is 9.95. The van der Waals surface area contributed by atoms with Gasteiger partial charge in [-0.25, -0.2) is 9.97 Å². The van der Waals surface area contributed by atoms with Crippen molar-refractivity contribution in [1.82, 2.24) is 19.5 Å². The van der Waals surface area contributed by atoms with Gasteiger partial charge in [0.2, 0.25) is 0 Å². The van der Waals surface area contributed by atoms with E-state index in [2.05, 4.69) is 34.6 Å². The zero-order valence-electron chi connectivity index (χ0n) is 14.9. The average Bonchev–Trinajstić information content (AvgIpc) is 2.97. The predicted molar refractivity (Wildman–Crippen MR) is 98.8 cm³/mol. The molecule has 1 fully saturated rings. The fourth-order valence-corrected chi connectivity index (χ4v) is 4.11. The van der Waals surface area contributed by atoms with Gasteiger partial charge < -0.3 is 19.9 Å². The number of aryl methyl sites for hydroxylation is 1. The van der Waals surface area contributed by atoms with Crippen molar-refractivity contribution >= 4 is 24.3 Å². The third-order valence-electron chi connectivity index (χ3n) is 4.58. The number of imidazole rings is 1. The molecule has 4 atom stereocenters. The monoisotopic (exact) mass is 368 g/mol. The Morgan fingerprint density at radius 1 is 1.52 bits per heavy atom. The standard InChI is InChI=1S/C16H25N4O4P/c1-9-18-13-11(14(22)19-9)17-8-20(13)15-16(2,23)12(21)10(24-15)6-7-25(3,4)5/h8,10,12,15,21,23H,3,6-7H2,1-2,4-5H3,(H,18,19,22)/t10-,12-,15?,16-/m1/s1. The van der Waals surface area contributed by atoms with E-state index in [9.17, 15) is 15.0 Å². The fraction of sp³-hybridized carbons (Fsp3) is 0.625. The molecule has 2 aromatic rings. The first-order chi connectivity index (χ1) is 11.5. The summed E-state index contributed by atoms with van der Waals surface area (Å²) in [7, 11) is 0. The number of ether oxygens (including phenoxy) is 1. The lowest BCUT2D eigenvalue weighted by Crippen LogP contribution is -2.43. The molecule has 3 heterocycles. The maximum Gasteiger partial charge on any atom is 0.279 e. The van der Waals surface area contributed by atoms with Crippen LogP contribution in [-0.4, -0.2) is 73.3 Å². The van der Waals surface area contributed by atoms with E-state index in [1.165, 1.54) is 17.8 Å². The van der Waals surface area contributed by atoms with Crippen LogP contribution in [0, 0.1) is 6.92 Å². The second kappa shape index (κ2) is 6.06. The Morgan fingerprint density at radius 3 is 2.84 bits per heavy atom. The number of aliphatic hydroxyl groups is 2. The van der Waals surface area contributed by atoms with Crippen LogP contribution in [0.15, 0.2) is 11.1 Å². The molecule has 0 bridgehead atoms. The molecule has 138 valence electrons. The van der Waals surface area contributed by atoms with Gasteiger partial charge in [0.05, 0.1) is 12.4 Å². The van der Waals surface area contributed by atoms with Crippen LogP contribution in [0.3, 0.4) is 0 Å². The highest BCUT2D eigenvalue weighted by atomic mass is 31.2. The normalized spacial score (nSPS) is 30.2. The Labute approximate surface area is 145 Å². The number of aliphatic hydroxyl groups excluding tert-OH is 1. The van der Waals surface area contributed by atoms with Crippen LogP contribution in [0.1, 0.15) is 25.4 Å². The Bertz CT molecular complexity index is 897. The molecule has 0 amide bonds. The molecule has 1 aliphatic rings. The predicted octanol–water partition coefficient (Wildman–Crippen LogP) is 0.537. The number of hydrogen-bond acceptors (Lipinski definition) is 6. The molecular formula is C16H25N4O4P. The molecule has 3 rings (SSSR count). The maximum absolute atomic E-state index is 12.0. The van der Waals surface area contributed by atoms with Crippen molar-refractivity contribution in [2.75, 3.05) is 19.5 Å². The molecule has 0 saturated carbocycles. The highest BCUT2D eigenvalue weighted by Crippen LogP contribution is 2.43. The van der Waals surface area contributed by atoms with Gasteiger partial charge in [-0.2, -0.15) is 0 Å². The molecule has 2 aromatic heterocycles. The van der Waals surface area contributed by atoms with Gasteiger partial charge >= 0.3 is 0 Å². The van der Waals surface area contributed by atoms with Crippen molar-refractivity contribution in [1.29, 1.82) is 0 Å². The average molecular weight is 368 g/mol. The molecule has 8 nitrogen and oxygen atoms in total. The summed E-state index contributed by atoms with van der Waals surface area (Å²) in [5, 5.41) is 21.4. The van der Waals surface area contributed by atoms with Crippen molar-refractivity contribution in [2.24, 2.45) is 0 Å². The Morgan fingerprint density at radius 2 is 2.20 bits per heavy atom. The minimum absolute atomic E-state index is 0.174. The number of nitrogens with zero attached hydrogens (tertiary/aromatic N) is 3. The fourth-order valence-electron chi connectivity index (χ4n) is 3.16. The summed E-state index contributed by atoms with van der Waals surface area (Å²) in [6.45, 7) is 6.16. The van der Waals surface area contributed by atoms with Crippen LogP contribution in [-0.2, 0) is 4.74 Å². The highest BCUT2D eigenvalue weighted by molar-refractivity contribution is 7.72. The van der Waals surface area contributed by atoms with Crippen LogP contribution in [0.2, 0.25) is 0 Å². The molecule has 3 N–H and O–H groups in total. The first kappa shape index (κ1) is 18.3. The molecule has 1 unspecified atom stereocenters. The largest absolute Gasteiger partial charge is 0.387 e. The van der Waals surface area contributed by atoms with E-state index < -0.39 is 30.9 Å². The SMILES string of the molecule is C=P(C)(C)CC[C@H]1OC(n2cnc3c(=O)[nH]c(C)nc32)[C@](C)(O)[C@@H]1O. The molecule has 9 heteroatoms. The highest BCUT2D eigenvalue weighted by Gasteiger charge is 2.53. The Balaban J connectivity index is 1.97. The van der Waals surface area contributed by atoms with E-state index >= 15 is 0 Å². The smallest absolute Gasteiger partial charge is 0.279 e. The topological polar surface area (TPSA) is 113 Å². The minimum Gasteiger partial charge on any atom is -0.387 e. The summed E-state index contributed by atoms with van der Waals surface area (Å²) in [5.74, 6) is 0.442. The second-order valence-electron chi connectivity index (χ2n) is 7.62. The summed E-state index contributed by atoms with van der Waals surface area (Å²) < 4.78 is 7.50. The van der Waals surface area contributed by atoms with E-state index in [0.29, 0.717) is 17.9 Å². The summed E-state index contributed by atoms with van der Waals surface area (Å²) in [6, 6.07) is 0. The zero-order valence-corrected chi connectivity index (χ0v) is 15.8. The van der Waals surface area contributed by atoms with Crippen molar-refractivity contribution < 1.29 is 14.9 Å². The molecule has 25 heavy (non-hydrogen) atoms. The Hall–Kier alpha value is -1.47. The van der Waals surface area contributed by atoms with Crippen LogP contribution in [0.4, 0.5) is 0 Å². The first-order valence-electron chi connectivity index (χ1n) is 8.17. The van der Waals surface area contributed by atoms with Crippen molar-refractivity contribution in [3.63, 3.8) is 0 Å². The van der Waals surface area contributed by atoms with Gasteiger partial charge in [-0.15, -0.1) is 13.2 Å². The molecule has 1 saturated heterocycles. The van der Waals surface area contributed by atoms with E-state index in [1.54, 1.807) is 6.92 Å². The maximum atomic E-state index is 12.0. The van der Waals surface area contributed by atoms with Gasteiger partial charge in [-0.1, -0.05) is 0 Å². The van der Waals surface area contributed by atoms with Gasteiger partial charge in [0.15, 0.2) is 17.4 Å². The van der Waals surface area contributed by atoms with Gasteiger partial charge in [0, 0.05) is 0 Å². The lowest BCUT2D eigenvalue weighted by molar-refractivity contribution is -0.0939. The van der Waals surface area contributed by atoms with Crippen LogP contribution >= 0.6 is 6.89 Å². The van der Waals surface area contributed by atoms with Gasteiger partial charge in [0.1, 0.15) is 17.5 Å². The van der Waals surface area contributed by atoms with Gasteiger partial charge in [-0.05, 0) is 39.8 Å². The molecule has 0 aliphatic carbocycles. The van der Waals surface area contributed by atoms with Crippen molar-refractivity contribution in [3.05, 3.63) is 22.5 Å². The third kappa shape index (κ3) is 3.31. The first-order valence-corrected chi connectivity index (χ1v) is 11.2. The molecule has 1 aliphatic heterocycles. The summed E-state index contributed by atoms with van der Waals surface area (Å²) in [4.78, 5) is 23.0. The molecule has 0 radical (unpaired) electrons. The van der Waals surface area contributed by atoms with E-state index in [0.717, 1.165) is 6.16 Å². The van der Waals surface area contributed by atoms with Crippen LogP contribution in [0.25, 0.3) is 11.2 Å². The number of hydrogen-bond donors (Lipinski definition) is 3. The van der Waals surface area contributed by atoms with Crippen molar-refractivity contribution in [2.45, 2.75) is 44.3 Å². The zero-order chi connectivity index (χ0) is 18.6. The summed E-state index contributed by atoms with van der Waals surface area (Å²) >= 11 is 0. The number of nitrogens with one attached hydrogen (secondary N) is 1. The van der Waals surface area contributed by atoms with E-state index in [4.69, 9.17) is 4.74 Å². The summed E-state index contributed by atoms with van der Waals surface area (Å²) in [5.41, 5.74) is -1.38. The molecular weight excluding hydrogens is 343 g/mol. The minimum atomic E-state index is -1.53. The number of aromatic nitrogens is 4. The van der Waals surface area contributed by atoms with E-state index in [1.807, 2.05) is 0 Å². The number of H-pyrrole nitrogens is 1. The molecule has 0 spiro atoms. The number of fused-ring (bicyclic) bond motifs is 1. The number of aromatic amines is 1. The lowest BCUT2D eigenvalue weighted by Gasteiger charge is -2.27. The third-order valence-corrected chi connectivity index (χ3v) is 6.05. The number of rotatable bonds is 4. The van der Waals surface area contributed by atoms with E-state index in [-0.39, 0.29) is 11.1 Å². The van der Waals surface area contributed by atoms with Crippen LogP contribution in [0.5, 0.6) is 0 Å². The Kier molecular flexibility index (Phi) is 4.44. The van der Waals surface area contributed by atoms with Gasteiger partial charge in [0.25, 0.3) is 5.56 Å². The quantitative estimate of drug-likeness (QED) is 0.679. The van der Waals surface area contributed by atoms with Gasteiger partial charge in [-0.3, -0.25) is 9.36 Å². The molecule has 0 aromatic carbocycles. The summed E-state index contributed by atoms with van der Waals surface area (Å²) in [6.07, 6.45) is 4.60.